The summed E-state index contributed by atoms with van der Waals surface area (Å²) >= 11 is 0. The molecule has 0 heterocycles. The molecule has 0 spiro atoms. The highest BCUT2D eigenvalue weighted by Gasteiger charge is 2.28. The molecule has 0 radical (unpaired) electrons. The highest BCUT2D eigenvalue weighted by atomic mass is 14.3. The monoisotopic (exact) mass is 534 g/mol. The van der Waals surface area contributed by atoms with Gasteiger partial charge >= 0.3 is 0 Å². The van der Waals surface area contributed by atoms with E-state index in [0.717, 1.165) is 0 Å². The molecule has 0 saturated carbocycles. The fourth-order valence-corrected chi connectivity index (χ4v) is 6.11. The zero-order valence-corrected chi connectivity index (χ0v) is 23.3. The molecule has 0 aliphatic carbocycles. The summed E-state index contributed by atoms with van der Waals surface area (Å²) in [7, 11) is 0. The molecule has 0 atom stereocenters. The summed E-state index contributed by atoms with van der Waals surface area (Å²) < 4.78 is 0. The molecule has 0 saturated heterocycles. The minimum Gasteiger partial charge on any atom is -0.0622 e. The van der Waals surface area contributed by atoms with Crippen molar-refractivity contribution < 1.29 is 0 Å². The zero-order valence-electron chi connectivity index (χ0n) is 23.3. The fraction of sp³-hybridized carbons (Fsp3) is 0. The van der Waals surface area contributed by atoms with Crippen LogP contribution in [-0.2, 0) is 0 Å². The first-order chi connectivity index (χ1) is 20.9. The van der Waals surface area contributed by atoms with Crippen LogP contribution < -0.4 is 0 Å². The Morgan fingerprint density at radius 1 is 0.143 bits per heavy atom. The van der Waals surface area contributed by atoms with Gasteiger partial charge in [0.15, 0.2) is 0 Å². The minimum atomic E-state index is 1.20. The van der Waals surface area contributed by atoms with Crippen molar-refractivity contribution in [3.8, 4) is 66.8 Å². The summed E-state index contributed by atoms with van der Waals surface area (Å²) in [4.78, 5) is 0. The van der Waals surface area contributed by atoms with Crippen LogP contribution in [0.2, 0.25) is 0 Å². The highest BCUT2D eigenvalue weighted by Crippen LogP contribution is 2.55. The summed E-state index contributed by atoms with van der Waals surface area (Å²) in [5.41, 5.74) is 14.6. The van der Waals surface area contributed by atoms with E-state index in [-0.39, 0.29) is 0 Å². The Morgan fingerprint density at radius 2 is 0.262 bits per heavy atom. The van der Waals surface area contributed by atoms with E-state index in [0.29, 0.717) is 0 Å². The van der Waals surface area contributed by atoms with Crippen molar-refractivity contribution >= 4 is 0 Å². The molecule has 0 fully saturated rings. The average Bonchev–Trinajstić information content (AvgIpc) is 3.09. The van der Waals surface area contributed by atoms with E-state index in [2.05, 4.69) is 182 Å². The third-order valence-electron chi connectivity index (χ3n) is 7.87. The Kier molecular flexibility index (Phi) is 7.02. The molecule has 0 amide bonds. The maximum atomic E-state index is 2.25. The van der Waals surface area contributed by atoms with Gasteiger partial charge in [-0.25, -0.2) is 0 Å². The van der Waals surface area contributed by atoms with Crippen molar-refractivity contribution in [1.29, 1.82) is 0 Å². The SMILES string of the molecule is c1ccc(-c2c(-c3ccccc3)c(-c3ccccc3)c(-c3ccccc3)c(-c3ccccc3)c2-c2ccccc2)cc1. The highest BCUT2D eigenvalue weighted by molar-refractivity contribution is 6.15. The van der Waals surface area contributed by atoms with Gasteiger partial charge in [0.05, 0.1) is 0 Å². The summed E-state index contributed by atoms with van der Waals surface area (Å²) in [6.45, 7) is 0. The summed E-state index contributed by atoms with van der Waals surface area (Å²) in [6.07, 6.45) is 0. The van der Waals surface area contributed by atoms with E-state index in [1.807, 2.05) is 0 Å². The van der Waals surface area contributed by atoms with E-state index in [1.54, 1.807) is 0 Å². The zero-order chi connectivity index (χ0) is 28.1. The van der Waals surface area contributed by atoms with Crippen molar-refractivity contribution in [3.05, 3.63) is 182 Å². The van der Waals surface area contributed by atoms with Crippen LogP contribution >= 0.6 is 0 Å². The van der Waals surface area contributed by atoms with Gasteiger partial charge in [-0.1, -0.05) is 182 Å². The van der Waals surface area contributed by atoms with Crippen LogP contribution in [0.5, 0.6) is 0 Å². The second kappa shape index (κ2) is 11.6. The lowest BCUT2D eigenvalue weighted by Gasteiger charge is -2.28. The molecule has 0 aromatic heterocycles. The van der Waals surface area contributed by atoms with Gasteiger partial charge in [0, 0.05) is 0 Å². The molecule has 7 aromatic carbocycles. The van der Waals surface area contributed by atoms with Crippen LogP contribution in [0.25, 0.3) is 66.8 Å². The molecule has 198 valence electrons. The second-order valence-corrected chi connectivity index (χ2v) is 10.4. The maximum absolute atomic E-state index is 2.25. The van der Waals surface area contributed by atoms with Gasteiger partial charge in [-0.05, 0) is 66.8 Å². The molecule has 0 bridgehead atoms. The van der Waals surface area contributed by atoms with Crippen LogP contribution in [-0.4, -0.2) is 0 Å². The molecular weight excluding hydrogens is 504 g/mol. The third kappa shape index (κ3) is 4.74. The molecular formula is C42H30. The maximum Gasteiger partial charge on any atom is -0.00139 e. The molecule has 0 heteroatoms. The summed E-state index contributed by atoms with van der Waals surface area (Å²) in [5, 5.41) is 0. The van der Waals surface area contributed by atoms with Crippen LogP contribution in [0.3, 0.4) is 0 Å². The molecule has 0 aliphatic heterocycles. The Morgan fingerprint density at radius 3 is 0.381 bits per heavy atom. The van der Waals surface area contributed by atoms with Crippen LogP contribution in [0.4, 0.5) is 0 Å². The summed E-state index contributed by atoms with van der Waals surface area (Å²) in [5.74, 6) is 0. The van der Waals surface area contributed by atoms with Crippen molar-refractivity contribution in [2.45, 2.75) is 0 Å². The summed E-state index contributed by atoms with van der Waals surface area (Å²) in [6, 6.07) is 65.4. The lowest BCUT2D eigenvalue weighted by molar-refractivity contribution is 1.51. The topological polar surface area (TPSA) is 0 Å². The van der Waals surface area contributed by atoms with Crippen LogP contribution in [0.1, 0.15) is 0 Å². The Labute approximate surface area is 248 Å². The van der Waals surface area contributed by atoms with Gasteiger partial charge in [-0.3, -0.25) is 0 Å². The van der Waals surface area contributed by atoms with E-state index < -0.39 is 0 Å². The van der Waals surface area contributed by atoms with Gasteiger partial charge < -0.3 is 0 Å². The van der Waals surface area contributed by atoms with E-state index in [1.165, 1.54) is 66.8 Å². The molecule has 0 aliphatic rings. The first-order valence-electron chi connectivity index (χ1n) is 14.5. The molecule has 0 N–H and O–H groups in total. The van der Waals surface area contributed by atoms with Gasteiger partial charge in [-0.2, -0.15) is 0 Å². The molecule has 7 aromatic rings. The number of hydrogen-bond acceptors (Lipinski definition) is 0. The molecule has 7 rings (SSSR count). The van der Waals surface area contributed by atoms with E-state index >= 15 is 0 Å². The fourth-order valence-electron chi connectivity index (χ4n) is 6.11. The van der Waals surface area contributed by atoms with Crippen LogP contribution in [0, 0.1) is 0 Å². The quantitative estimate of drug-likeness (QED) is 0.199. The van der Waals surface area contributed by atoms with Gasteiger partial charge in [-0.15, -0.1) is 0 Å². The molecule has 0 unspecified atom stereocenters. The largest absolute Gasteiger partial charge is 0.0622 e. The Balaban J connectivity index is 1.81. The lowest BCUT2D eigenvalue weighted by atomic mass is 9.74. The Hall–Kier alpha value is -5.46. The third-order valence-corrected chi connectivity index (χ3v) is 7.87. The number of hydrogen-bond donors (Lipinski definition) is 0. The van der Waals surface area contributed by atoms with Crippen molar-refractivity contribution in [3.63, 3.8) is 0 Å². The van der Waals surface area contributed by atoms with Gasteiger partial charge in [0.2, 0.25) is 0 Å². The van der Waals surface area contributed by atoms with Crippen molar-refractivity contribution in [2.24, 2.45) is 0 Å². The average molecular weight is 535 g/mol. The molecule has 42 heavy (non-hydrogen) atoms. The predicted octanol–water partition coefficient (Wildman–Crippen LogP) is 11.7. The number of benzene rings is 7. The first kappa shape index (κ1) is 25.5. The second-order valence-electron chi connectivity index (χ2n) is 10.4. The minimum absolute atomic E-state index is 1.20. The number of rotatable bonds is 6. The standard InChI is InChI=1S/C42H30/c1-7-19-31(20-8-1)37-38(32-21-9-2-10-22-32)40(34-25-13-4-14-26-34)42(36-29-17-6-18-30-36)41(35-27-15-5-16-28-35)39(37)33-23-11-3-12-24-33/h1-30H. The van der Waals surface area contributed by atoms with Crippen molar-refractivity contribution in [1.82, 2.24) is 0 Å². The van der Waals surface area contributed by atoms with Gasteiger partial charge in [0.1, 0.15) is 0 Å². The van der Waals surface area contributed by atoms with E-state index in [9.17, 15) is 0 Å². The van der Waals surface area contributed by atoms with Crippen molar-refractivity contribution in [2.75, 3.05) is 0 Å². The van der Waals surface area contributed by atoms with Gasteiger partial charge in [0.25, 0.3) is 0 Å². The smallest absolute Gasteiger partial charge is 0.00139 e. The van der Waals surface area contributed by atoms with E-state index in [4.69, 9.17) is 0 Å². The predicted molar refractivity (Wildman–Crippen MR) is 179 cm³/mol. The van der Waals surface area contributed by atoms with Crippen LogP contribution in [0.15, 0.2) is 182 Å². The lowest BCUT2D eigenvalue weighted by Crippen LogP contribution is -2.02. The first-order valence-corrected chi connectivity index (χ1v) is 14.5. The normalized spacial score (nSPS) is 10.9. The Bertz CT molecular complexity index is 1510. The molecule has 0 nitrogen and oxygen atoms in total.